The molecule has 1 amide bonds. The third-order valence-electron chi connectivity index (χ3n) is 2.57. The van der Waals surface area contributed by atoms with Crippen LogP contribution in [0.3, 0.4) is 0 Å². The highest BCUT2D eigenvalue weighted by molar-refractivity contribution is 6.33. The van der Waals surface area contributed by atoms with Gasteiger partial charge in [-0.15, -0.1) is 0 Å². The number of aliphatic carboxylic acids is 1. The predicted octanol–water partition coefficient (Wildman–Crippen LogP) is 3.17. The SMILES string of the molecule is CCCC(CC(=O)Nc1ccccc1Cl)C(=O)O. The molecule has 2 N–H and O–H groups in total. The summed E-state index contributed by atoms with van der Waals surface area (Å²) < 4.78 is 0. The average molecular weight is 270 g/mol. The van der Waals surface area contributed by atoms with Gasteiger partial charge in [-0.2, -0.15) is 0 Å². The third kappa shape index (κ3) is 4.37. The summed E-state index contributed by atoms with van der Waals surface area (Å²) in [5.74, 6) is -1.91. The van der Waals surface area contributed by atoms with Gasteiger partial charge in [-0.3, -0.25) is 9.59 Å². The molecule has 0 heterocycles. The van der Waals surface area contributed by atoms with Crippen molar-refractivity contribution in [2.24, 2.45) is 5.92 Å². The molecular weight excluding hydrogens is 254 g/mol. The molecule has 5 heteroatoms. The number of amides is 1. The van der Waals surface area contributed by atoms with Crippen molar-refractivity contribution >= 4 is 29.2 Å². The van der Waals surface area contributed by atoms with Gasteiger partial charge in [-0.25, -0.2) is 0 Å². The summed E-state index contributed by atoms with van der Waals surface area (Å²) in [6.45, 7) is 1.89. The largest absolute Gasteiger partial charge is 0.481 e. The Balaban J connectivity index is 2.61. The smallest absolute Gasteiger partial charge is 0.307 e. The summed E-state index contributed by atoms with van der Waals surface area (Å²) in [6, 6.07) is 6.85. The molecule has 0 aromatic heterocycles. The Morgan fingerprint density at radius 3 is 2.61 bits per heavy atom. The normalized spacial score (nSPS) is 11.9. The number of nitrogens with one attached hydrogen (secondary N) is 1. The molecule has 0 radical (unpaired) electrons. The van der Waals surface area contributed by atoms with Crippen molar-refractivity contribution in [1.82, 2.24) is 0 Å². The highest BCUT2D eigenvalue weighted by Crippen LogP contribution is 2.21. The maximum Gasteiger partial charge on any atom is 0.307 e. The van der Waals surface area contributed by atoms with E-state index in [1.54, 1.807) is 24.3 Å². The van der Waals surface area contributed by atoms with E-state index in [1.165, 1.54) is 0 Å². The van der Waals surface area contributed by atoms with Gasteiger partial charge in [0.15, 0.2) is 0 Å². The van der Waals surface area contributed by atoms with Crippen molar-refractivity contribution in [3.8, 4) is 0 Å². The summed E-state index contributed by atoms with van der Waals surface area (Å²) >= 11 is 5.90. The Morgan fingerprint density at radius 1 is 1.39 bits per heavy atom. The van der Waals surface area contributed by atoms with Crippen molar-refractivity contribution in [2.45, 2.75) is 26.2 Å². The second-order valence-electron chi connectivity index (χ2n) is 4.06. The molecule has 0 aliphatic heterocycles. The van der Waals surface area contributed by atoms with Crippen molar-refractivity contribution in [3.05, 3.63) is 29.3 Å². The molecule has 1 aromatic carbocycles. The van der Waals surface area contributed by atoms with E-state index < -0.39 is 11.9 Å². The standard InChI is InChI=1S/C13H16ClNO3/c1-2-5-9(13(17)18)8-12(16)15-11-7-4-3-6-10(11)14/h3-4,6-7,9H,2,5,8H2,1H3,(H,15,16)(H,17,18). The van der Waals surface area contributed by atoms with Gasteiger partial charge in [-0.05, 0) is 18.6 Å². The number of carboxylic acids is 1. The number of halogens is 1. The molecule has 1 unspecified atom stereocenters. The summed E-state index contributed by atoms with van der Waals surface area (Å²) in [5, 5.41) is 12.0. The second-order valence-corrected chi connectivity index (χ2v) is 4.46. The lowest BCUT2D eigenvalue weighted by molar-refractivity contribution is -0.143. The van der Waals surface area contributed by atoms with Gasteiger partial charge in [0.1, 0.15) is 0 Å². The molecule has 0 aliphatic carbocycles. The number of hydrogen-bond acceptors (Lipinski definition) is 2. The van der Waals surface area contributed by atoms with E-state index in [9.17, 15) is 9.59 Å². The fourth-order valence-corrected chi connectivity index (χ4v) is 1.83. The van der Waals surface area contributed by atoms with E-state index >= 15 is 0 Å². The molecule has 4 nitrogen and oxygen atoms in total. The second kappa shape index (κ2) is 7.01. The number of carbonyl (C=O) groups excluding carboxylic acids is 1. The molecule has 0 saturated carbocycles. The van der Waals surface area contributed by atoms with Crippen LogP contribution in [0.5, 0.6) is 0 Å². The summed E-state index contributed by atoms with van der Waals surface area (Å²) in [7, 11) is 0. The van der Waals surface area contributed by atoms with Crippen molar-refractivity contribution < 1.29 is 14.7 Å². The minimum absolute atomic E-state index is 0.0333. The van der Waals surface area contributed by atoms with Gasteiger partial charge < -0.3 is 10.4 Å². The monoisotopic (exact) mass is 269 g/mol. The van der Waals surface area contributed by atoms with Gasteiger partial charge in [0.25, 0.3) is 0 Å². The zero-order valence-electron chi connectivity index (χ0n) is 10.1. The minimum Gasteiger partial charge on any atom is -0.481 e. The molecule has 0 saturated heterocycles. The predicted molar refractivity (Wildman–Crippen MR) is 70.7 cm³/mol. The first-order valence-electron chi connectivity index (χ1n) is 5.81. The number of benzene rings is 1. The highest BCUT2D eigenvalue weighted by atomic mass is 35.5. The minimum atomic E-state index is -0.939. The maximum atomic E-state index is 11.7. The van der Waals surface area contributed by atoms with Crippen molar-refractivity contribution in [3.63, 3.8) is 0 Å². The fourth-order valence-electron chi connectivity index (χ4n) is 1.65. The van der Waals surface area contributed by atoms with Crippen LogP contribution in [0.1, 0.15) is 26.2 Å². The van der Waals surface area contributed by atoms with Crippen LogP contribution >= 0.6 is 11.6 Å². The van der Waals surface area contributed by atoms with Crippen LogP contribution in [-0.2, 0) is 9.59 Å². The highest BCUT2D eigenvalue weighted by Gasteiger charge is 2.20. The fraction of sp³-hybridized carbons (Fsp3) is 0.385. The van der Waals surface area contributed by atoms with Crippen molar-refractivity contribution in [1.29, 1.82) is 0 Å². The molecule has 0 spiro atoms. The lowest BCUT2D eigenvalue weighted by atomic mass is 10.00. The van der Waals surface area contributed by atoms with Crippen LogP contribution in [0.2, 0.25) is 5.02 Å². The lowest BCUT2D eigenvalue weighted by Crippen LogP contribution is -2.22. The van der Waals surface area contributed by atoms with Crippen LogP contribution in [-0.4, -0.2) is 17.0 Å². The summed E-state index contributed by atoms with van der Waals surface area (Å²) in [6.07, 6.45) is 1.19. The molecule has 0 bridgehead atoms. The van der Waals surface area contributed by atoms with E-state index in [4.69, 9.17) is 16.7 Å². The first kappa shape index (κ1) is 14.5. The molecule has 1 aromatic rings. The van der Waals surface area contributed by atoms with Crippen LogP contribution < -0.4 is 5.32 Å². The Morgan fingerprint density at radius 2 is 2.06 bits per heavy atom. The molecule has 0 fully saturated rings. The van der Waals surface area contributed by atoms with Crippen LogP contribution in [0.4, 0.5) is 5.69 Å². The zero-order chi connectivity index (χ0) is 13.5. The average Bonchev–Trinajstić information content (AvgIpc) is 2.31. The van der Waals surface area contributed by atoms with E-state index in [-0.39, 0.29) is 12.3 Å². The van der Waals surface area contributed by atoms with Gasteiger partial charge in [0.2, 0.25) is 5.91 Å². The molecule has 98 valence electrons. The number of para-hydroxylation sites is 1. The first-order chi connectivity index (χ1) is 8.54. The summed E-state index contributed by atoms with van der Waals surface area (Å²) in [5.41, 5.74) is 0.504. The van der Waals surface area contributed by atoms with Gasteiger partial charge in [0, 0.05) is 6.42 Å². The van der Waals surface area contributed by atoms with Gasteiger partial charge in [-0.1, -0.05) is 37.1 Å². The van der Waals surface area contributed by atoms with Crippen LogP contribution in [0.25, 0.3) is 0 Å². The molecular formula is C13H16ClNO3. The molecule has 18 heavy (non-hydrogen) atoms. The topological polar surface area (TPSA) is 66.4 Å². The zero-order valence-corrected chi connectivity index (χ0v) is 10.9. The Hall–Kier alpha value is -1.55. The molecule has 1 atom stereocenters. The van der Waals surface area contributed by atoms with Crippen LogP contribution in [0, 0.1) is 5.92 Å². The number of anilines is 1. The van der Waals surface area contributed by atoms with E-state index in [2.05, 4.69) is 5.32 Å². The first-order valence-corrected chi connectivity index (χ1v) is 6.19. The quantitative estimate of drug-likeness (QED) is 0.834. The third-order valence-corrected chi connectivity index (χ3v) is 2.90. The number of rotatable bonds is 6. The molecule has 1 rings (SSSR count). The number of hydrogen-bond donors (Lipinski definition) is 2. The Labute approximate surface area is 111 Å². The maximum absolute atomic E-state index is 11.7. The lowest BCUT2D eigenvalue weighted by Gasteiger charge is -2.11. The summed E-state index contributed by atoms with van der Waals surface area (Å²) in [4.78, 5) is 22.7. The van der Waals surface area contributed by atoms with E-state index in [1.807, 2.05) is 6.92 Å². The number of carbonyl (C=O) groups is 2. The molecule has 0 aliphatic rings. The Bertz CT molecular complexity index is 434. The van der Waals surface area contributed by atoms with Gasteiger partial charge >= 0.3 is 5.97 Å². The number of carboxylic acid groups (broad SMARTS) is 1. The van der Waals surface area contributed by atoms with Crippen molar-refractivity contribution in [2.75, 3.05) is 5.32 Å². The van der Waals surface area contributed by atoms with E-state index in [0.717, 1.165) is 6.42 Å². The Kier molecular flexibility index (Phi) is 5.65. The van der Waals surface area contributed by atoms with Gasteiger partial charge in [0.05, 0.1) is 16.6 Å². The van der Waals surface area contributed by atoms with E-state index in [0.29, 0.717) is 17.1 Å². The van der Waals surface area contributed by atoms with Crippen LogP contribution in [0.15, 0.2) is 24.3 Å².